The van der Waals surface area contributed by atoms with Crippen LogP contribution in [0.2, 0.25) is 0 Å². The Morgan fingerprint density at radius 2 is 1.64 bits per heavy atom. The number of anilines is 2. The largest absolute Gasteiger partial charge is 0.350 e. The maximum Gasteiger partial charge on any atom is 0.279 e. The standard InChI is InChI=1S/C26H22ClN3O3/c1-2-18-11-6-7-14-21(18)29-24(31)19-12-8-13-20(15-19)28-23-22(27)25(32)30(26(23)33)16-17-9-4-3-5-10-17/h3-15,28H,2,16H2,1H3,(H,29,31). The van der Waals surface area contributed by atoms with E-state index >= 15 is 0 Å². The quantitative estimate of drug-likeness (QED) is 0.491. The second-order valence-electron chi connectivity index (χ2n) is 7.54. The van der Waals surface area contributed by atoms with Crippen molar-refractivity contribution in [2.24, 2.45) is 0 Å². The summed E-state index contributed by atoms with van der Waals surface area (Å²) >= 11 is 6.20. The van der Waals surface area contributed by atoms with Crippen LogP contribution in [0.1, 0.15) is 28.4 Å². The van der Waals surface area contributed by atoms with E-state index in [0.717, 1.165) is 28.1 Å². The molecule has 3 aromatic rings. The number of rotatable bonds is 7. The van der Waals surface area contributed by atoms with Crippen LogP contribution < -0.4 is 10.6 Å². The van der Waals surface area contributed by atoms with Gasteiger partial charge in [-0.2, -0.15) is 0 Å². The van der Waals surface area contributed by atoms with Crippen LogP contribution in [0.25, 0.3) is 0 Å². The number of carbonyl (C=O) groups is 3. The van der Waals surface area contributed by atoms with Gasteiger partial charge in [0, 0.05) is 16.9 Å². The second-order valence-corrected chi connectivity index (χ2v) is 7.92. The van der Waals surface area contributed by atoms with E-state index in [4.69, 9.17) is 11.6 Å². The van der Waals surface area contributed by atoms with Crippen LogP contribution in [-0.2, 0) is 22.6 Å². The van der Waals surface area contributed by atoms with E-state index in [-0.39, 0.29) is 23.2 Å². The molecule has 0 aromatic heterocycles. The molecule has 3 amide bonds. The fourth-order valence-electron chi connectivity index (χ4n) is 3.59. The number of benzene rings is 3. The molecule has 1 heterocycles. The van der Waals surface area contributed by atoms with E-state index in [0.29, 0.717) is 11.3 Å². The van der Waals surface area contributed by atoms with Crippen molar-refractivity contribution >= 4 is 40.7 Å². The number of carbonyl (C=O) groups excluding carboxylic acids is 3. The Balaban J connectivity index is 1.50. The van der Waals surface area contributed by atoms with Crippen molar-refractivity contribution in [2.45, 2.75) is 19.9 Å². The van der Waals surface area contributed by atoms with Crippen molar-refractivity contribution in [1.82, 2.24) is 4.90 Å². The molecule has 6 nitrogen and oxygen atoms in total. The molecular formula is C26H22ClN3O3. The molecule has 0 unspecified atom stereocenters. The van der Waals surface area contributed by atoms with Crippen molar-refractivity contribution in [3.63, 3.8) is 0 Å². The number of aryl methyl sites for hydroxylation is 1. The Labute approximate surface area is 196 Å². The number of nitrogens with one attached hydrogen (secondary N) is 2. The van der Waals surface area contributed by atoms with Crippen LogP contribution in [0.3, 0.4) is 0 Å². The first kappa shape index (κ1) is 22.3. The smallest absolute Gasteiger partial charge is 0.279 e. The van der Waals surface area contributed by atoms with Crippen LogP contribution >= 0.6 is 11.6 Å². The number of para-hydroxylation sites is 1. The van der Waals surface area contributed by atoms with Gasteiger partial charge in [0.25, 0.3) is 17.7 Å². The first-order valence-corrected chi connectivity index (χ1v) is 10.9. The minimum absolute atomic E-state index is 0.00788. The molecule has 0 spiro atoms. The van der Waals surface area contributed by atoms with Gasteiger partial charge in [0.05, 0.1) is 6.54 Å². The fraction of sp³-hybridized carbons (Fsp3) is 0.115. The Bertz CT molecular complexity index is 1250. The van der Waals surface area contributed by atoms with Crippen LogP contribution in [0.4, 0.5) is 11.4 Å². The highest BCUT2D eigenvalue weighted by Crippen LogP contribution is 2.27. The van der Waals surface area contributed by atoms with Gasteiger partial charge in [0.1, 0.15) is 10.7 Å². The lowest BCUT2D eigenvalue weighted by Gasteiger charge is -2.15. The molecule has 0 atom stereocenters. The Morgan fingerprint density at radius 1 is 0.909 bits per heavy atom. The lowest BCUT2D eigenvalue weighted by molar-refractivity contribution is -0.138. The molecule has 7 heteroatoms. The summed E-state index contributed by atoms with van der Waals surface area (Å²) < 4.78 is 0. The lowest BCUT2D eigenvalue weighted by atomic mass is 10.1. The number of hydrogen-bond acceptors (Lipinski definition) is 4. The molecule has 1 aliphatic rings. The summed E-state index contributed by atoms with van der Waals surface area (Å²) in [5, 5.41) is 5.67. The zero-order valence-electron chi connectivity index (χ0n) is 18.0. The average Bonchev–Trinajstić information content (AvgIpc) is 3.03. The van der Waals surface area contributed by atoms with Gasteiger partial charge >= 0.3 is 0 Å². The third-order valence-electron chi connectivity index (χ3n) is 5.34. The summed E-state index contributed by atoms with van der Waals surface area (Å²) in [4.78, 5) is 39.4. The summed E-state index contributed by atoms with van der Waals surface area (Å²) in [5.74, 6) is -1.35. The molecular weight excluding hydrogens is 438 g/mol. The van der Waals surface area contributed by atoms with Crippen molar-refractivity contribution in [3.8, 4) is 0 Å². The minimum Gasteiger partial charge on any atom is -0.350 e. The monoisotopic (exact) mass is 459 g/mol. The van der Waals surface area contributed by atoms with Crippen molar-refractivity contribution in [2.75, 3.05) is 10.6 Å². The normalized spacial score (nSPS) is 13.5. The molecule has 2 N–H and O–H groups in total. The molecule has 0 saturated heterocycles. The van der Waals surface area contributed by atoms with Gasteiger partial charge in [-0.15, -0.1) is 0 Å². The molecule has 3 aromatic carbocycles. The average molecular weight is 460 g/mol. The van der Waals surface area contributed by atoms with Crippen LogP contribution in [0, 0.1) is 0 Å². The second kappa shape index (κ2) is 9.71. The first-order chi connectivity index (χ1) is 16.0. The maximum absolute atomic E-state index is 12.9. The number of hydrogen-bond donors (Lipinski definition) is 2. The summed E-state index contributed by atoms with van der Waals surface area (Å²) in [6, 6.07) is 23.5. The van der Waals surface area contributed by atoms with E-state index in [1.54, 1.807) is 24.3 Å². The maximum atomic E-state index is 12.9. The molecule has 166 valence electrons. The Hall–Kier alpha value is -3.90. The van der Waals surface area contributed by atoms with Gasteiger partial charge < -0.3 is 10.6 Å². The predicted molar refractivity (Wildman–Crippen MR) is 129 cm³/mol. The predicted octanol–water partition coefficient (Wildman–Crippen LogP) is 4.93. The zero-order chi connectivity index (χ0) is 23.4. The third kappa shape index (κ3) is 4.81. The Kier molecular flexibility index (Phi) is 6.56. The molecule has 0 saturated carbocycles. The highest BCUT2D eigenvalue weighted by atomic mass is 35.5. The van der Waals surface area contributed by atoms with Gasteiger partial charge in [0.15, 0.2) is 0 Å². The van der Waals surface area contributed by atoms with E-state index in [9.17, 15) is 14.4 Å². The summed E-state index contributed by atoms with van der Waals surface area (Å²) in [5.41, 5.74) is 3.47. The van der Waals surface area contributed by atoms with Crippen molar-refractivity contribution in [3.05, 3.63) is 106 Å². The van der Waals surface area contributed by atoms with E-state index < -0.39 is 11.8 Å². The SMILES string of the molecule is CCc1ccccc1NC(=O)c1cccc(NC2=C(Cl)C(=O)N(Cc3ccccc3)C2=O)c1. The number of imide groups is 1. The number of nitrogens with zero attached hydrogens (tertiary/aromatic N) is 1. The van der Waals surface area contributed by atoms with Gasteiger partial charge in [-0.05, 0) is 41.8 Å². The lowest BCUT2D eigenvalue weighted by Crippen LogP contribution is -2.31. The molecule has 0 bridgehead atoms. The molecule has 0 fully saturated rings. The van der Waals surface area contributed by atoms with Gasteiger partial charge in [0.2, 0.25) is 0 Å². The van der Waals surface area contributed by atoms with Crippen molar-refractivity contribution in [1.29, 1.82) is 0 Å². The van der Waals surface area contributed by atoms with Gasteiger partial charge in [-0.1, -0.05) is 73.1 Å². The number of halogens is 1. The van der Waals surface area contributed by atoms with Crippen molar-refractivity contribution < 1.29 is 14.4 Å². The van der Waals surface area contributed by atoms with Gasteiger partial charge in [-0.3, -0.25) is 19.3 Å². The molecule has 0 aliphatic carbocycles. The highest BCUT2D eigenvalue weighted by molar-refractivity contribution is 6.48. The topological polar surface area (TPSA) is 78.5 Å². The third-order valence-corrected chi connectivity index (χ3v) is 5.69. The minimum atomic E-state index is -0.557. The molecule has 0 radical (unpaired) electrons. The van der Waals surface area contributed by atoms with Crippen LogP contribution in [0.15, 0.2) is 89.6 Å². The van der Waals surface area contributed by atoms with Gasteiger partial charge in [-0.25, -0.2) is 0 Å². The number of amides is 3. The molecule has 4 rings (SSSR count). The Morgan fingerprint density at radius 3 is 2.39 bits per heavy atom. The molecule has 1 aliphatic heterocycles. The summed E-state index contributed by atoms with van der Waals surface area (Å²) in [6.45, 7) is 2.15. The van der Waals surface area contributed by atoms with Crippen LogP contribution in [0.5, 0.6) is 0 Å². The van der Waals surface area contributed by atoms with E-state index in [1.807, 2.05) is 61.5 Å². The summed E-state index contributed by atoms with van der Waals surface area (Å²) in [7, 11) is 0. The van der Waals surface area contributed by atoms with Crippen LogP contribution in [-0.4, -0.2) is 22.6 Å². The van der Waals surface area contributed by atoms with E-state index in [2.05, 4.69) is 10.6 Å². The highest BCUT2D eigenvalue weighted by Gasteiger charge is 2.37. The fourth-order valence-corrected chi connectivity index (χ4v) is 3.82. The zero-order valence-corrected chi connectivity index (χ0v) is 18.7. The summed E-state index contributed by atoms with van der Waals surface area (Å²) in [6.07, 6.45) is 0.792. The molecule has 33 heavy (non-hydrogen) atoms. The first-order valence-electron chi connectivity index (χ1n) is 10.5. The van der Waals surface area contributed by atoms with E-state index in [1.165, 1.54) is 0 Å².